The standard InChI is InChI=1S/C15H12ClF2NO2/c1-21-14-5-2-9(6-12(14)18)7-15(20)19-13-8-10(16)3-4-11(13)17/h2-6,8H,7H2,1H3,(H,19,20). The number of ether oxygens (including phenoxy) is 1. The smallest absolute Gasteiger partial charge is 0.228 e. The van der Waals surface area contributed by atoms with E-state index < -0.39 is 17.5 Å². The van der Waals surface area contributed by atoms with Crippen LogP contribution in [-0.4, -0.2) is 13.0 Å². The molecular formula is C15H12ClF2NO2. The van der Waals surface area contributed by atoms with Gasteiger partial charge in [-0.1, -0.05) is 17.7 Å². The molecule has 2 aromatic carbocycles. The SMILES string of the molecule is COc1ccc(CC(=O)Nc2cc(Cl)ccc2F)cc1F. The third kappa shape index (κ3) is 3.92. The van der Waals surface area contributed by atoms with Crippen molar-refractivity contribution in [2.45, 2.75) is 6.42 Å². The molecule has 0 aliphatic rings. The second-order valence-electron chi connectivity index (χ2n) is 4.32. The average molecular weight is 312 g/mol. The Labute approximate surface area is 125 Å². The van der Waals surface area contributed by atoms with Gasteiger partial charge in [0.2, 0.25) is 5.91 Å². The number of carbonyl (C=O) groups excluding carboxylic acids is 1. The second-order valence-corrected chi connectivity index (χ2v) is 4.75. The summed E-state index contributed by atoms with van der Waals surface area (Å²) in [6.07, 6.45) is -0.0904. The predicted octanol–water partition coefficient (Wildman–Crippen LogP) is 3.81. The summed E-state index contributed by atoms with van der Waals surface area (Å²) in [5.41, 5.74) is 0.440. The number of hydrogen-bond acceptors (Lipinski definition) is 2. The Morgan fingerprint density at radius 1 is 1.19 bits per heavy atom. The maximum atomic E-state index is 13.5. The Balaban J connectivity index is 2.08. The molecule has 6 heteroatoms. The summed E-state index contributed by atoms with van der Waals surface area (Å²) in [4.78, 5) is 11.8. The maximum absolute atomic E-state index is 13.5. The molecule has 0 atom stereocenters. The van der Waals surface area contributed by atoms with Crippen LogP contribution in [0.4, 0.5) is 14.5 Å². The Morgan fingerprint density at radius 3 is 2.62 bits per heavy atom. The van der Waals surface area contributed by atoms with Gasteiger partial charge in [-0.05, 0) is 35.9 Å². The number of anilines is 1. The number of amides is 1. The van der Waals surface area contributed by atoms with E-state index in [2.05, 4.69) is 5.32 Å². The Kier molecular flexibility index (Phi) is 4.75. The summed E-state index contributed by atoms with van der Waals surface area (Å²) in [5, 5.41) is 2.70. The van der Waals surface area contributed by atoms with Gasteiger partial charge in [0, 0.05) is 5.02 Å². The van der Waals surface area contributed by atoms with Crippen LogP contribution in [0.2, 0.25) is 5.02 Å². The van der Waals surface area contributed by atoms with Gasteiger partial charge in [-0.15, -0.1) is 0 Å². The number of nitrogens with one attached hydrogen (secondary N) is 1. The highest BCUT2D eigenvalue weighted by molar-refractivity contribution is 6.30. The van der Waals surface area contributed by atoms with Crippen LogP contribution in [0.1, 0.15) is 5.56 Å². The zero-order valence-electron chi connectivity index (χ0n) is 11.1. The lowest BCUT2D eigenvalue weighted by atomic mass is 10.1. The van der Waals surface area contributed by atoms with Crippen molar-refractivity contribution in [3.8, 4) is 5.75 Å². The van der Waals surface area contributed by atoms with E-state index >= 15 is 0 Å². The lowest BCUT2D eigenvalue weighted by molar-refractivity contribution is -0.115. The predicted molar refractivity (Wildman–Crippen MR) is 76.7 cm³/mol. The number of carbonyl (C=O) groups is 1. The molecule has 21 heavy (non-hydrogen) atoms. The minimum atomic E-state index is -0.589. The first-order valence-electron chi connectivity index (χ1n) is 6.07. The van der Waals surface area contributed by atoms with E-state index in [9.17, 15) is 13.6 Å². The molecule has 1 N–H and O–H groups in total. The minimum absolute atomic E-state index is 0.0125. The van der Waals surface area contributed by atoms with Gasteiger partial charge in [-0.2, -0.15) is 0 Å². The fraction of sp³-hybridized carbons (Fsp3) is 0.133. The van der Waals surface area contributed by atoms with Gasteiger partial charge in [0.25, 0.3) is 0 Å². The van der Waals surface area contributed by atoms with Crippen molar-refractivity contribution in [3.63, 3.8) is 0 Å². The molecule has 0 aliphatic heterocycles. The molecule has 3 nitrogen and oxygen atoms in total. The Hall–Kier alpha value is -2.14. The molecule has 0 saturated carbocycles. The highest BCUT2D eigenvalue weighted by Gasteiger charge is 2.10. The van der Waals surface area contributed by atoms with Crippen molar-refractivity contribution in [2.24, 2.45) is 0 Å². The number of rotatable bonds is 4. The van der Waals surface area contributed by atoms with E-state index in [1.54, 1.807) is 6.07 Å². The third-order valence-electron chi connectivity index (χ3n) is 2.78. The van der Waals surface area contributed by atoms with E-state index in [-0.39, 0.29) is 17.9 Å². The van der Waals surface area contributed by atoms with Crippen LogP contribution in [0.25, 0.3) is 0 Å². The van der Waals surface area contributed by atoms with Crippen molar-refractivity contribution in [1.29, 1.82) is 0 Å². The molecule has 0 heterocycles. The highest BCUT2D eigenvalue weighted by atomic mass is 35.5. The van der Waals surface area contributed by atoms with E-state index in [0.29, 0.717) is 10.6 Å². The van der Waals surface area contributed by atoms with Crippen LogP contribution in [0.15, 0.2) is 36.4 Å². The lowest BCUT2D eigenvalue weighted by Gasteiger charge is -2.08. The third-order valence-corrected chi connectivity index (χ3v) is 3.02. The monoisotopic (exact) mass is 311 g/mol. The summed E-state index contributed by atoms with van der Waals surface area (Å²) >= 11 is 5.73. The molecule has 0 unspecified atom stereocenters. The van der Waals surface area contributed by atoms with Crippen molar-refractivity contribution in [1.82, 2.24) is 0 Å². The van der Waals surface area contributed by atoms with Gasteiger partial charge >= 0.3 is 0 Å². The molecule has 1 amide bonds. The first-order valence-corrected chi connectivity index (χ1v) is 6.44. The highest BCUT2D eigenvalue weighted by Crippen LogP contribution is 2.21. The fourth-order valence-electron chi connectivity index (χ4n) is 1.79. The van der Waals surface area contributed by atoms with E-state index in [1.807, 2.05) is 0 Å². The van der Waals surface area contributed by atoms with Crippen LogP contribution in [0, 0.1) is 11.6 Å². The summed E-state index contributed by atoms with van der Waals surface area (Å²) in [7, 11) is 1.35. The normalized spacial score (nSPS) is 10.3. The maximum Gasteiger partial charge on any atom is 0.228 e. The first kappa shape index (κ1) is 15.3. The molecule has 0 saturated heterocycles. The van der Waals surface area contributed by atoms with Crippen molar-refractivity contribution < 1.29 is 18.3 Å². The summed E-state index contributed by atoms with van der Waals surface area (Å²) in [5.74, 6) is -1.52. The average Bonchev–Trinajstić information content (AvgIpc) is 2.43. The molecule has 0 aromatic heterocycles. The number of halogens is 3. The molecule has 2 aromatic rings. The lowest BCUT2D eigenvalue weighted by Crippen LogP contribution is -2.15. The summed E-state index contributed by atoms with van der Waals surface area (Å²) < 4.78 is 31.8. The van der Waals surface area contributed by atoms with Crippen LogP contribution in [0.5, 0.6) is 5.75 Å². The van der Waals surface area contributed by atoms with Gasteiger partial charge in [0.1, 0.15) is 5.82 Å². The van der Waals surface area contributed by atoms with Crippen molar-refractivity contribution in [3.05, 3.63) is 58.6 Å². The Morgan fingerprint density at radius 2 is 1.95 bits per heavy atom. The second kappa shape index (κ2) is 6.54. The summed E-state index contributed by atoms with van der Waals surface area (Å²) in [6, 6.07) is 8.04. The van der Waals surface area contributed by atoms with Gasteiger partial charge in [0.05, 0.1) is 19.2 Å². The number of benzene rings is 2. The quantitative estimate of drug-likeness (QED) is 0.932. The Bertz CT molecular complexity index is 677. The van der Waals surface area contributed by atoms with Crippen LogP contribution in [0.3, 0.4) is 0 Å². The van der Waals surface area contributed by atoms with Gasteiger partial charge in [0.15, 0.2) is 11.6 Å². The van der Waals surface area contributed by atoms with Gasteiger partial charge in [-0.25, -0.2) is 8.78 Å². The molecule has 0 radical (unpaired) electrons. The number of methoxy groups -OCH3 is 1. The molecule has 110 valence electrons. The molecule has 0 spiro atoms. The van der Waals surface area contributed by atoms with E-state index in [0.717, 1.165) is 6.07 Å². The molecule has 0 aliphatic carbocycles. The number of hydrogen-bond donors (Lipinski definition) is 1. The zero-order valence-corrected chi connectivity index (χ0v) is 11.9. The molecular weight excluding hydrogens is 300 g/mol. The topological polar surface area (TPSA) is 38.3 Å². The summed E-state index contributed by atoms with van der Waals surface area (Å²) in [6.45, 7) is 0. The van der Waals surface area contributed by atoms with Crippen LogP contribution < -0.4 is 10.1 Å². The first-order chi connectivity index (χ1) is 9.99. The fourth-order valence-corrected chi connectivity index (χ4v) is 1.97. The van der Waals surface area contributed by atoms with Gasteiger partial charge < -0.3 is 10.1 Å². The molecule has 0 bridgehead atoms. The van der Waals surface area contributed by atoms with Crippen molar-refractivity contribution in [2.75, 3.05) is 12.4 Å². The zero-order chi connectivity index (χ0) is 15.4. The molecule has 2 rings (SSSR count). The minimum Gasteiger partial charge on any atom is -0.494 e. The van der Waals surface area contributed by atoms with Crippen LogP contribution >= 0.6 is 11.6 Å². The van der Waals surface area contributed by atoms with Crippen LogP contribution in [-0.2, 0) is 11.2 Å². The largest absolute Gasteiger partial charge is 0.494 e. The van der Waals surface area contributed by atoms with E-state index in [1.165, 1.54) is 31.4 Å². The molecule has 0 fully saturated rings. The van der Waals surface area contributed by atoms with E-state index in [4.69, 9.17) is 16.3 Å². The van der Waals surface area contributed by atoms with Crippen molar-refractivity contribution >= 4 is 23.2 Å². The van der Waals surface area contributed by atoms with Gasteiger partial charge in [-0.3, -0.25) is 4.79 Å².